The molecule has 216 valence electrons. The number of benzene rings is 3. The molecule has 0 radical (unpaired) electrons. The van der Waals surface area contributed by atoms with Gasteiger partial charge in [-0.15, -0.1) is 0 Å². The zero-order valence-corrected chi connectivity index (χ0v) is 25.5. The molecule has 2 aromatic heterocycles. The van der Waals surface area contributed by atoms with E-state index in [2.05, 4.69) is 5.32 Å². The Morgan fingerprint density at radius 1 is 1.05 bits per heavy atom. The maximum atomic E-state index is 14.0. The van der Waals surface area contributed by atoms with Crippen molar-refractivity contribution in [3.05, 3.63) is 137 Å². The Kier molecular flexibility index (Phi) is 8.08. The summed E-state index contributed by atoms with van der Waals surface area (Å²) in [6.07, 6.45) is 1.68. The monoisotopic (exact) mass is 629 g/mol. The number of halogens is 2. The van der Waals surface area contributed by atoms with Gasteiger partial charge in [0.15, 0.2) is 4.80 Å². The van der Waals surface area contributed by atoms with Crippen molar-refractivity contribution in [1.82, 2.24) is 4.57 Å². The third-order valence-electron chi connectivity index (χ3n) is 6.91. The maximum Gasteiger partial charge on any atom is 0.271 e. The van der Waals surface area contributed by atoms with Crippen molar-refractivity contribution < 1.29 is 13.9 Å². The van der Waals surface area contributed by atoms with E-state index in [0.717, 1.165) is 11.1 Å². The topological polar surface area (TPSA) is 85.8 Å². The largest absolute Gasteiger partial charge is 0.494 e. The number of carbonyl (C=O) groups is 1. The first-order valence-electron chi connectivity index (χ1n) is 13.5. The van der Waals surface area contributed by atoms with Crippen LogP contribution in [0.3, 0.4) is 0 Å². The van der Waals surface area contributed by atoms with Crippen molar-refractivity contribution in [3.8, 4) is 17.1 Å². The molecule has 1 N–H and O–H groups in total. The molecule has 5 aromatic rings. The van der Waals surface area contributed by atoms with E-state index < -0.39 is 6.04 Å². The summed E-state index contributed by atoms with van der Waals surface area (Å²) >= 11 is 13.5. The van der Waals surface area contributed by atoms with Gasteiger partial charge in [0.25, 0.3) is 11.5 Å². The number of thiazole rings is 1. The highest BCUT2D eigenvalue weighted by molar-refractivity contribution is 7.07. The molecule has 3 aromatic carbocycles. The number of nitrogens with one attached hydrogen (secondary N) is 1. The molecule has 0 bridgehead atoms. The Labute approximate surface area is 261 Å². The highest BCUT2D eigenvalue weighted by Gasteiger charge is 2.32. The number of aromatic nitrogens is 1. The van der Waals surface area contributed by atoms with Crippen LogP contribution in [0.15, 0.2) is 110 Å². The van der Waals surface area contributed by atoms with Crippen molar-refractivity contribution in [2.75, 3.05) is 11.9 Å². The Bertz CT molecular complexity index is 2040. The smallest absolute Gasteiger partial charge is 0.271 e. The third-order valence-corrected chi connectivity index (χ3v) is 8.63. The molecule has 1 atom stereocenters. The SMILES string of the molecule is CCOc1ccc([C@@H]2C(C(=O)Nc3ccccc3)=C(C)N=c3s/c(=C\c4ccc(-c5ccc(Cl)c(Cl)c5)o4)c(=O)n32)cc1. The second kappa shape index (κ2) is 12.1. The molecule has 7 nitrogen and oxygen atoms in total. The van der Waals surface area contributed by atoms with E-state index in [1.165, 1.54) is 11.3 Å². The van der Waals surface area contributed by atoms with Gasteiger partial charge in [0.05, 0.1) is 38.5 Å². The maximum absolute atomic E-state index is 14.0. The minimum Gasteiger partial charge on any atom is -0.494 e. The predicted octanol–water partition coefficient (Wildman–Crippen LogP) is 6.84. The lowest BCUT2D eigenvalue weighted by atomic mass is 9.95. The van der Waals surface area contributed by atoms with E-state index in [4.69, 9.17) is 37.3 Å². The fourth-order valence-corrected chi connectivity index (χ4v) is 6.25. The molecule has 0 aliphatic carbocycles. The lowest BCUT2D eigenvalue weighted by molar-refractivity contribution is -0.113. The van der Waals surface area contributed by atoms with Crippen molar-refractivity contribution >= 4 is 52.2 Å². The summed E-state index contributed by atoms with van der Waals surface area (Å²) in [6, 6.07) is 24.7. The molecule has 6 rings (SSSR count). The number of anilines is 1. The van der Waals surface area contributed by atoms with Gasteiger partial charge in [-0.3, -0.25) is 14.2 Å². The van der Waals surface area contributed by atoms with E-state index in [0.29, 0.717) is 60.2 Å². The van der Waals surface area contributed by atoms with Crippen molar-refractivity contribution in [2.24, 2.45) is 4.99 Å². The Morgan fingerprint density at radius 3 is 2.53 bits per heavy atom. The van der Waals surface area contributed by atoms with Gasteiger partial charge in [-0.2, -0.15) is 0 Å². The number of hydrogen-bond donors (Lipinski definition) is 1. The van der Waals surface area contributed by atoms with Crippen LogP contribution in [0.4, 0.5) is 5.69 Å². The lowest BCUT2D eigenvalue weighted by Gasteiger charge is -2.25. The van der Waals surface area contributed by atoms with Crippen molar-refractivity contribution in [3.63, 3.8) is 0 Å². The number of hydrogen-bond acceptors (Lipinski definition) is 6. The predicted molar refractivity (Wildman–Crippen MR) is 171 cm³/mol. The van der Waals surface area contributed by atoms with Gasteiger partial charge in [-0.1, -0.05) is 64.9 Å². The standard InChI is InChI=1S/C33H25Cl2N3O4S/c1-3-41-23-12-9-20(10-13-23)30-29(31(39)37-22-7-5-4-6-8-22)19(2)36-33-38(30)32(40)28(43-33)18-24-14-16-27(42-24)21-11-15-25(34)26(35)17-21/h4-18,30H,3H2,1-2H3,(H,37,39)/b28-18-/t30-/m1/s1. The fraction of sp³-hybridized carbons (Fsp3) is 0.121. The zero-order chi connectivity index (χ0) is 30.1. The van der Waals surface area contributed by atoms with Crippen LogP contribution >= 0.6 is 34.5 Å². The summed E-state index contributed by atoms with van der Waals surface area (Å²) in [6.45, 7) is 4.23. The second-order valence-corrected chi connectivity index (χ2v) is 11.6. The van der Waals surface area contributed by atoms with Crippen molar-refractivity contribution in [1.29, 1.82) is 0 Å². The highest BCUT2D eigenvalue weighted by atomic mass is 35.5. The molecule has 1 amide bonds. The first-order chi connectivity index (χ1) is 20.8. The normalized spacial score (nSPS) is 14.8. The summed E-state index contributed by atoms with van der Waals surface area (Å²) in [5.74, 6) is 1.44. The lowest BCUT2D eigenvalue weighted by Crippen LogP contribution is -2.40. The summed E-state index contributed by atoms with van der Waals surface area (Å²) in [5.41, 5.74) is 2.78. The van der Waals surface area contributed by atoms with Gasteiger partial charge < -0.3 is 14.5 Å². The average molecular weight is 631 g/mol. The molecule has 43 heavy (non-hydrogen) atoms. The molecule has 0 spiro atoms. The van der Waals surface area contributed by atoms with Crippen LogP contribution in [0, 0.1) is 0 Å². The molecular weight excluding hydrogens is 605 g/mol. The van der Waals surface area contributed by atoms with Crippen LogP contribution in [0.25, 0.3) is 17.4 Å². The number of para-hydroxylation sites is 1. The molecule has 0 saturated carbocycles. The number of nitrogens with zero attached hydrogens (tertiary/aromatic N) is 2. The van der Waals surface area contributed by atoms with Crippen LogP contribution in [0.1, 0.15) is 31.2 Å². The van der Waals surface area contributed by atoms with E-state index in [9.17, 15) is 9.59 Å². The molecule has 0 fully saturated rings. The first-order valence-corrected chi connectivity index (χ1v) is 15.1. The number of rotatable bonds is 7. The second-order valence-electron chi connectivity index (χ2n) is 9.73. The van der Waals surface area contributed by atoms with Crippen LogP contribution in [-0.4, -0.2) is 17.1 Å². The van der Waals surface area contributed by atoms with E-state index in [-0.39, 0.29) is 11.5 Å². The minimum atomic E-state index is -0.707. The van der Waals surface area contributed by atoms with Gasteiger partial charge in [0.1, 0.15) is 17.3 Å². The van der Waals surface area contributed by atoms with Crippen LogP contribution in [0.2, 0.25) is 10.0 Å². The zero-order valence-electron chi connectivity index (χ0n) is 23.1. The molecule has 1 aliphatic heterocycles. The van der Waals surface area contributed by atoms with Crippen LogP contribution < -0.4 is 24.9 Å². The van der Waals surface area contributed by atoms with Gasteiger partial charge in [0.2, 0.25) is 0 Å². The molecule has 0 unspecified atom stereocenters. The Hall–Kier alpha value is -4.37. The number of allylic oxidation sites excluding steroid dienone is 1. The summed E-state index contributed by atoms with van der Waals surface area (Å²) < 4.78 is 13.6. The number of amides is 1. The molecule has 0 saturated heterocycles. The Balaban J connectivity index is 1.44. The van der Waals surface area contributed by atoms with E-state index in [1.807, 2.05) is 67.6 Å². The van der Waals surface area contributed by atoms with E-state index >= 15 is 0 Å². The average Bonchev–Trinajstić information content (AvgIpc) is 3.59. The van der Waals surface area contributed by atoms with Gasteiger partial charge >= 0.3 is 0 Å². The summed E-state index contributed by atoms with van der Waals surface area (Å²) in [4.78, 5) is 32.9. The van der Waals surface area contributed by atoms with Crippen molar-refractivity contribution in [2.45, 2.75) is 19.9 Å². The molecule has 1 aliphatic rings. The van der Waals surface area contributed by atoms with Gasteiger partial charge in [-0.05, 0) is 74.0 Å². The quantitative estimate of drug-likeness (QED) is 0.214. The highest BCUT2D eigenvalue weighted by Crippen LogP contribution is 2.32. The van der Waals surface area contributed by atoms with E-state index in [1.54, 1.807) is 41.8 Å². The number of fused-ring (bicyclic) bond motifs is 1. The fourth-order valence-electron chi connectivity index (χ4n) is 4.92. The third kappa shape index (κ3) is 5.82. The van der Waals surface area contributed by atoms with Crippen LogP contribution in [-0.2, 0) is 4.79 Å². The minimum absolute atomic E-state index is 0.285. The van der Waals surface area contributed by atoms with Gasteiger partial charge in [-0.25, -0.2) is 4.99 Å². The number of carbonyl (C=O) groups excluding carboxylic acids is 1. The number of furan rings is 1. The molecule has 3 heterocycles. The molecule has 10 heteroatoms. The molecular formula is C33H25Cl2N3O4S. The first kappa shape index (κ1) is 28.7. The summed E-state index contributed by atoms with van der Waals surface area (Å²) in [7, 11) is 0. The number of ether oxygens (including phenoxy) is 1. The Morgan fingerprint density at radius 2 is 1.81 bits per heavy atom. The van der Waals surface area contributed by atoms with Crippen LogP contribution in [0.5, 0.6) is 5.75 Å². The summed E-state index contributed by atoms with van der Waals surface area (Å²) in [5, 5.41) is 3.83. The van der Waals surface area contributed by atoms with Gasteiger partial charge in [0, 0.05) is 17.3 Å².